The first kappa shape index (κ1) is 16.9. The first-order valence-electron chi connectivity index (χ1n) is 8.10. The highest BCUT2D eigenvalue weighted by Gasteiger charge is 2.18. The van der Waals surface area contributed by atoms with Gasteiger partial charge >= 0.3 is 0 Å². The van der Waals surface area contributed by atoms with Gasteiger partial charge in [0, 0.05) is 18.0 Å². The number of rotatable bonds is 4. The standard InChI is InChI=1S/C19H13N7S/c1-13-4-2-3-5-16(13)26-18(14-8-10-21-11-9-14)24-25-19(26)27-17-7-6-15(12-20)22-23-17/h2-11H,1H3. The normalized spacial score (nSPS) is 10.5. The maximum Gasteiger partial charge on any atom is 0.202 e. The second-order valence-corrected chi connectivity index (χ2v) is 6.62. The molecule has 27 heavy (non-hydrogen) atoms. The van der Waals surface area contributed by atoms with Crippen molar-refractivity contribution in [3.63, 3.8) is 0 Å². The van der Waals surface area contributed by atoms with Gasteiger partial charge in [0.05, 0.1) is 5.69 Å². The first-order chi connectivity index (χ1) is 13.3. The molecular formula is C19H13N7S. The van der Waals surface area contributed by atoms with Gasteiger partial charge < -0.3 is 0 Å². The predicted octanol–water partition coefficient (Wildman–Crippen LogP) is 3.45. The second-order valence-electron chi connectivity index (χ2n) is 5.63. The van der Waals surface area contributed by atoms with Crippen molar-refractivity contribution in [1.29, 1.82) is 5.26 Å². The molecular weight excluding hydrogens is 358 g/mol. The van der Waals surface area contributed by atoms with Gasteiger partial charge in [-0.2, -0.15) is 5.26 Å². The minimum atomic E-state index is 0.275. The summed E-state index contributed by atoms with van der Waals surface area (Å²) in [5.41, 5.74) is 3.27. The third-order valence-electron chi connectivity index (χ3n) is 3.88. The number of pyridine rings is 1. The maximum absolute atomic E-state index is 8.88. The van der Waals surface area contributed by atoms with Crippen molar-refractivity contribution in [3.8, 4) is 23.1 Å². The quantitative estimate of drug-likeness (QED) is 0.542. The molecule has 0 bridgehead atoms. The molecule has 0 N–H and O–H groups in total. The average molecular weight is 371 g/mol. The molecule has 3 aromatic heterocycles. The molecule has 0 spiro atoms. The van der Waals surface area contributed by atoms with E-state index in [1.807, 2.05) is 54.0 Å². The Morgan fingerprint density at radius 2 is 1.74 bits per heavy atom. The lowest BCUT2D eigenvalue weighted by atomic mass is 10.2. The largest absolute Gasteiger partial charge is 0.269 e. The van der Waals surface area contributed by atoms with E-state index in [1.165, 1.54) is 11.8 Å². The molecule has 0 aliphatic carbocycles. The molecule has 0 aliphatic heterocycles. The minimum absolute atomic E-state index is 0.275. The lowest BCUT2D eigenvalue weighted by Gasteiger charge is -2.12. The van der Waals surface area contributed by atoms with Crippen molar-refractivity contribution in [2.75, 3.05) is 0 Å². The fourth-order valence-electron chi connectivity index (χ4n) is 2.58. The van der Waals surface area contributed by atoms with E-state index >= 15 is 0 Å². The number of aromatic nitrogens is 6. The Balaban J connectivity index is 1.83. The van der Waals surface area contributed by atoms with E-state index in [-0.39, 0.29) is 5.69 Å². The molecule has 0 atom stereocenters. The van der Waals surface area contributed by atoms with Crippen LogP contribution >= 0.6 is 11.8 Å². The van der Waals surface area contributed by atoms with Crippen LogP contribution < -0.4 is 0 Å². The van der Waals surface area contributed by atoms with Crippen molar-refractivity contribution in [2.24, 2.45) is 0 Å². The van der Waals surface area contributed by atoms with Crippen LogP contribution in [0, 0.1) is 18.3 Å². The molecule has 0 saturated carbocycles. The first-order valence-corrected chi connectivity index (χ1v) is 8.91. The molecule has 0 aliphatic rings. The van der Waals surface area contributed by atoms with Gasteiger partial charge in [-0.15, -0.1) is 20.4 Å². The summed E-state index contributed by atoms with van der Waals surface area (Å²) in [4.78, 5) is 4.07. The second kappa shape index (κ2) is 7.35. The highest BCUT2D eigenvalue weighted by Crippen LogP contribution is 2.32. The molecule has 8 heteroatoms. The molecule has 0 radical (unpaired) electrons. The van der Waals surface area contributed by atoms with Crippen molar-refractivity contribution < 1.29 is 0 Å². The topological polar surface area (TPSA) is 93.2 Å². The Hall–Kier alpha value is -3.57. The summed E-state index contributed by atoms with van der Waals surface area (Å²) in [6.07, 6.45) is 3.45. The van der Waals surface area contributed by atoms with Crippen LogP contribution in [0.4, 0.5) is 0 Å². The van der Waals surface area contributed by atoms with E-state index in [1.54, 1.807) is 24.5 Å². The van der Waals surface area contributed by atoms with Crippen LogP contribution in [0.2, 0.25) is 0 Å². The molecule has 0 fully saturated rings. The predicted molar refractivity (Wildman–Crippen MR) is 100 cm³/mol. The summed E-state index contributed by atoms with van der Waals surface area (Å²) in [6, 6.07) is 17.2. The van der Waals surface area contributed by atoms with Crippen molar-refractivity contribution >= 4 is 11.8 Å². The Kier molecular flexibility index (Phi) is 4.60. The fraction of sp³-hybridized carbons (Fsp3) is 0.0526. The van der Waals surface area contributed by atoms with E-state index in [9.17, 15) is 0 Å². The molecule has 1 aromatic carbocycles. The zero-order chi connectivity index (χ0) is 18.6. The van der Waals surface area contributed by atoms with Gasteiger partial charge in [0.25, 0.3) is 0 Å². The van der Waals surface area contributed by atoms with Crippen LogP contribution in [0.3, 0.4) is 0 Å². The number of nitrogens with zero attached hydrogens (tertiary/aromatic N) is 7. The van der Waals surface area contributed by atoms with E-state index in [0.717, 1.165) is 22.6 Å². The van der Waals surface area contributed by atoms with Crippen LogP contribution in [0.25, 0.3) is 17.1 Å². The molecule has 7 nitrogen and oxygen atoms in total. The molecule has 0 amide bonds. The number of hydrogen-bond donors (Lipinski definition) is 0. The minimum Gasteiger partial charge on any atom is -0.269 e. The summed E-state index contributed by atoms with van der Waals surface area (Å²) in [5, 5.41) is 26.9. The lowest BCUT2D eigenvalue weighted by Crippen LogP contribution is -2.02. The molecule has 3 heterocycles. The zero-order valence-electron chi connectivity index (χ0n) is 14.3. The van der Waals surface area contributed by atoms with E-state index in [4.69, 9.17) is 5.26 Å². The molecule has 0 unspecified atom stereocenters. The number of para-hydroxylation sites is 1. The maximum atomic E-state index is 8.88. The summed E-state index contributed by atoms with van der Waals surface area (Å²) in [7, 11) is 0. The third kappa shape index (κ3) is 3.41. The van der Waals surface area contributed by atoms with Crippen LogP contribution in [0.5, 0.6) is 0 Å². The van der Waals surface area contributed by atoms with Gasteiger partial charge in [-0.25, -0.2) is 0 Å². The summed E-state index contributed by atoms with van der Waals surface area (Å²) in [6.45, 7) is 2.04. The fourth-order valence-corrected chi connectivity index (χ4v) is 3.35. The molecule has 4 rings (SSSR count). The Labute approximate surface area is 159 Å². The summed E-state index contributed by atoms with van der Waals surface area (Å²) < 4.78 is 2.00. The summed E-state index contributed by atoms with van der Waals surface area (Å²) >= 11 is 1.34. The lowest BCUT2D eigenvalue weighted by molar-refractivity contribution is 0.864. The van der Waals surface area contributed by atoms with Crippen LogP contribution in [0.15, 0.2) is 71.1 Å². The monoisotopic (exact) mass is 371 g/mol. The van der Waals surface area contributed by atoms with Gasteiger partial charge in [0.1, 0.15) is 11.1 Å². The van der Waals surface area contributed by atoms with Gasteiger partial charge in [0.2, 0.25) is 5.16 Å². The number of nitriles is 1. The molecule has 130 valence electrons. The summed E-state index contributed by atoms with van der Waals surface area (Å²) in [5.74, 6) is 0.718. The highest BCUT2D eigenvalue weighted by atomic mass is 32.2. The Morgan fingerprint density at radius 3 is 2.44 bits per heavy atom. The van der Waals surface area contributed by atoms with Crippen LogP contribution in [-0.4, -0.2) is 29.9 Å². The van der Waals surface area contributed by atoms with Gasteiger partial charge in [-0.05, 0) is 54.6 Å². The Bertz CT molecular complexity index is 1120. The van der Waals surface area contributed by atoms with Crippen LogP contribution in [-0.2, 0) is 0 Å². The smallest absolute Gasteiger partial charge is 0.202 e. The van der Waals surface area contributed by atoms with E-state index < -0.39 is 0 Å². The molecule has 4 aromatic rings. The van der Waals surface area contributed by atoms with Crippen molar-refractivity contribution in [1.82, 2.24) is 29.9 Å². The van der Waals surface area contributed by atoms with Crippen molar-refractivity contribution in [3.05, 3.63) is 72.2 Å². The van der Waals surface area contributed by atoms with Gasteiger partial charge in [-0.3, -0.25) is 9.55 Å². The SMILES string of the molecule is Cc1ccccc1-n1c(Sc2ccc(C#N)nn2)nnc1-c1ccncc1. The Morgan fingerprint density at radius 1 is 0.926 bits per heavy atom. The third-order valence-corrected chi connectivity index (χ3v) is 4.75. The van der Waals surface area contributed by atoms with Crippen molar-refractivity contribution in [2.45, 2.75) is 17.1 Å². The number of hydrogen-bond acceptors (Lipinski definition) is 7. The number of aryl methyl sites for hydroxylation is 1. The average Bonchev–Trinajstić information content (AvgIpc) is 3.13. The van der Waals surface area contributed by atoms with E-state index in [0.29, 0.717) is 10.2 Å². The number of benzene rings is 1. The molecule has 0 saturated heterocycles. The van der Waals surface area contributed by atoms with Gasteiger partial charge in [-0.1, -0.05) is 18.2 Å². The highest BCUT2D eigenvalue weighted by molar-refractivity contribution is 7.99. The van der Waals surface area contributed by atoms with Crippen LogP contribution in [0.1, 0.15) is 11.3 Å². The zero-order valence-corrected chi connectivity index (χ0v) is 15.1. The van der Waals surface area contributed by atoms with E-state index in [2.05, 4.69) is 25.4 Å². The van der Waals surface area contributed by atoms with Gasteiger partial charge in [0.15, 0.2) is 11.5 Å².